The largest absolute Gasteiger partial charge is 0.396 e. The van der Waals surface area contributed by atoms with Gasteiger partial charge in [-0.2, -0.15) is 5.10 Å². The molecule has 1 aromatic heterocycles. The van der Waals surface area contributed by atoms with Crippen LogP contribution in [0.1, 0.15) is 23.4 Å². The van der Waals surface area contributed by atoms with Gasteiger partial charge in [0, 0.05) is 12.3 Å². The third-order valence-corrected chi connectivity index (χ3v) is 2.70. The maximum absolute atomic E-state index is 8.99. The summed E-state index contributed by atoms with van der Waals surface area (Å²) in [5, 5.41) is 16.2. The Morgan fingerprint density at radius 2 is 2.50 bits per heavy atom. The van der Waals surface area contributed by atoms with Gasteiger partial charge in [0.2, 0.25) is 0 Å². The normalized spacial score (nSPS) is 22.3. The second-order valence-corrected chi connectivity index (χ2v) is 3.57. The summed E-state index contributed by atoms with van der Waals surface area (Å²) < 4.78 is 0. The van der Waals surface area contributed by atoms with Gasteiger partial charge in [0.1, 0.15) is 0 Å². The minimum Gasteiger partial charge on any atom is -0.396 e. The quantitative estimate of drug-likeness (QED) is 0.648. The SMILES string of the molecule is Cc1[nH]nc2c1CCC(CO)C2. The van der Waals surface area contributed by atoms with Crippen molar-refractivity contribution in [3.63, 3.8) is 0 Å². The van der Waals surface area contributed by atoms with Crippen molar-refractivity contribution < 1.29 is 5.11 Å². The zero-order valence-corrected chi connectivity index (χ0v) is 7.30. The number of rotatable bonds is 1. The molecule has 0 spiro atoms. The van der Waals surface area contributed by atoms with Crippen LogP contribution in [0.3, 0.4) is 0 Å². The van der Waals surface area contributed by atoms with Crippen molar-refractivity contribution in [1.82, 2.24) is 10.2 Å². The van der Waals surface area contributed by atoms with Gasteiger partial charge >= 0.3 is 0 Å². The van der Waals surface area contributed by atoms with Crippen molar-refractivity contribution in [3.8, 4) is 0 Å². The van der Waals surface area contributed by atoms with Crippen molar-refractivity contribution in [2.45, 2.75) is 26.2 Å². The molecule has 1 atom stereocenters. The van der Waals surface area contributed by atoms with Crippen LogP contribution < -0.4 is 0 Å². The molecule has 0 saturated carbocycles. The summed E-state index contributed by atoms with van der Waals surface area (Å²) in [6.07, 6.45) is 3.11. The number of aromatic amines is 1. The number of nitrogens with zero attached hydrogens (tertiary/aromatic N) is 1. The molecule has 3 nitrogen and oxygen atoms in total. The average Bonchev–Trinajstić information content (AvgIpc) is 2.47. The number of aliphatic hydroxyl groups excluding tert-OH is 1. The molecule has 0 aliphatic heterocycles. The Hall–Kier alpha value is -0.830. The smallest absolute Gasteiger partial charge is 0.0660 e. The number of hydrogen-bond acceptors (Lipinski definition) is 2. The number of aromatic nitrogens is 2. The van der Waals surface area contributed by atoms with Crippen LogP contribution >= 0.6 is 0 Å². The van der Waals surface area contributed by atoms with Crippen molar-refractivity contribution >= 4 is 0 Å². The van der Waals surface area contributed by atoms with Crippen LogP contribution in [0.4, 0.5) is 0 Å². The Kier molecular flexibility index (Phi) is 1.89. The van der Waals surface area contributed by atoms with E-state index in [4.69, 9.17) is 5.11 Å². The van der Waals surface area contributed by atoms with Crippen molar-refractivity contribution in [1.29, 1.82) is 0 Å². The maximum Gasteiger partial charge on any atom is 0.0660 e. The molecule has 0 saturated heterocycles. The van der Waals surface area contributed by atoms with Gasteiger partial charge in [0.15, 0.2) is 0 Å². The number of H-pyrrole nitrogens is 1. The highest BCUT2D eigenvalue weighted by Gasteiger charge is 2.21. The van der Waals surface area contributed by atoms with Crippen LogP contribution in [0.5, 0.6) is 0 Å². The Balaban J connectivity index is 2.24. The molecule has 1 aliphatic rings. The van der Waals surface area contributed by atoms with E-state index in [1.165, 1.54) is 11.3 Å². The van der Waals surface area contributed by atoms with E-state index in [0.717, 1.165) is 25.0 Å². The molecular weight excluding hydrogens is 152 g/mol. The highest BCUT2D eigenvalue weighted by Crippen LogP contribution is 2.25. The molecule has 1 aromatic rings. The molecule has 1 aliphatic carbocycles. The fourth-order valence-corrected chi connectivity index (χ4v) is 1.88. The number of aliphatic hydroxyl groups is 1. The predicted molar refractivity (Wildman–Crippen MR) is 45.9 cm³/mol. The molecule has 0 amide bonds. The summed E-state index contributed by atoms with van der Waals surface area (Å²) in [6, 6.07) is 0. The Labute approximate surface area is 71.8 Å². The molecular formula is C9H14N2O. The third-order valence-electron chi connectivity index (χ3n) is 2.70. The monoisotopic (exact) mass is 166 g/mol. The first-order valence-electron chi connectivity index (χ1n) is 4.45. The Morgan fingerprint density at radius 1 is 1.67 bits per heavy atom. The molecule has 2 rings (SSSR count). The van der Waals surface area contributed by atoms with E-state index in [2.05, 4.69) is 17.1 Å². The van der Waals surface area contributed by atoms with Gasteiger partial charge in [0.25, 0.3) is 0 Å². The first-order chi connectivity index (χ1) is 5.81. The topological polar surface area (TPSA) is 48.9 Å². The first kappa shape index (κ1) is 7.80. The van der Waals surface area contributed by atoms with Crippen molar-refractivity contribution in [3.05, 3.63) is 17.0 Å². The minimum atomic E-state index is 0.297. The van der Waals surface area contributed by atoms with E-state index < -0.39 is 0 Å². The lowest BCUT2D eigenvalue weighted by Gasteiger charge is -2.18. The van der Waals surface area contributed by atoms with Gasteiger partial charge in [-0.3, -0.25) is 5.10 Å². The van der Waals surface area contributed by atoms with Gasteiger partial charge in [-0.25, -0.2) is 0 Å². The minimum absolute atomic E-state index is 0.297. The fourth-order valence-electron chi connectivity index (χ4n) is 1.88. The van der Waals surface area contributed by atoms with E-state index in [9.17, 15) is 0 Å². The average molecular weight is 166 g/mol. The number of hydrogen-bond donors (Lipinski definition) is 2. The molecule has 0 bridgehead atoms. The zero-order valence-electron chi connectivity index (χ0n) is 7.30. The van der Waals surface area contributed by atoms with E-state index >= 15 is 0 Å². The Morgan fingerprint density at radius 3 is 3.25 bits per heavy atom. The molecule has 3 heteroatoms. The summed E-state index contributed by atoms with van der Waals surface area (Å²) in [4.78, 5) is 0. The Bertz CT molecular complexity index is 280. The number of fused-ring (bicyclic) bond motifs is 1. The molecule has 12 heavy (non-hydrogen) atoms. The van der Waals surface area contributed by atoms with Crippen LogP contribution in [-0.4, -0.2) is 21.9 Å². The summed E-state index contributed by atoms with van der Waals surface area (Å²) in [7, 11) is 0. The summed E-state index contributed by atoms with van der Waals surface area (Å²) in [5.41, 5.74) is 3.74. The van der Waals surface area contributed by atoms with Crippen molar-refractivity contribution in [2.24, 2.45) is 5.92 Å². The van der Waals surface area contributed by atoms with Gasteiger partial charge in [-0.1, -0.05) is 0 Å². The third kappa shape index (κ3) is 1.14. The van der Waals surface area contributed by atoms with Crippen LogP contribution in [0.15, 0.2) is 0 Å². The van der Waals surface area contributed by atoms with E-state index in [-0.39, 0.29) is 0 Å². The molecule has 1 unspecified atom stereocenters. The first-order valence-corrected chi connectivity index (χ1v) is 4.45. The predicted octanol–water partition coefficient (Wildman–Crippen LogP) is 0.815. The molecule has 2 N–H and O–H groups in total. The lowest BCUT2D eigenvalue weighted by atomic mass is 9.87. The van der Waals surface area contributed by atoms with Gasteiger partial charge in [-0.15, -0.1) is 0 Å². The summed E-state index contributed by atoms with van der Waals surface area (Å²) in [6.45, 7) is 2.36. The summed E-state index contributed by atoms with van der Waals surface area (Å²) in [5.74, 6) is 0.431. The van der Waals surface area contributed by atoms with Gasteiger partial charge in [-0.05, 0) is 37.7 Å². The molecule has 0 fully saturated rings. The second-order valence-electron chi connectivity index (χ2n) is 3.57. The molecule has 66 valence electrons. The van der Waals surface area contributed by atoms with Crippen LogP contribution in [0, 0.1) is 12.8 Å². The molecule has 0 aromatic carbocycles. The van der Waals surface area contributed by atoms with Gasteiger partial charge in [0.05, 0.1) is 5.69 Å². The fraction of sp³-hybridized carbons (Fsp3) is 0.667. The van der Waals surface area contributed by atoms with Crippen molar-refractivity contribution in [2.75, 3.05) is 6.61 Å². The lowest BCUT2D eigenvalue weighted by molar-refractivity contribution is 0.212. The standard InChI is InChI=1S/C9H14N2O/c1-6-8-3-2-7(5-12)4-9(8)11-10-6/h7,12H,2-5H2,1H3,(H,10,11). The number of nitrogens with one attached hydrogen (secondary N) is 1. The highest BCUT2D eigenvalue weighted by molar-refractivity contribution is 5.27. The molecule has 1 heterocycles. The van der Waals surface area contributed by atoms with E-state index in [0.29, 0.717) is 12.5 Å². The highest BCUT2D eigenvalue weighted by atomic mass is 16.3. The summed E-state index contributed by atoms with van der Waals surface area (Å²) >= 11 is 0. The zero-order chi connectivity index (χ0) is 8.55. The van der Waals surface area contributed by atoms with Crippen LogP contribution in [0.2, 0.25) is 0 Å². The van der Waals surface area contributed by atoms with Crippen LogP contribution in [0.25, 0.3) is 0 Å². The molecule has 0 radical (unpaired) electrons. The van der Waals surface area contributed by atoms with E-state index in [1.807, 2.05) is 0 Å². The lowest BCUT2D eigenvalue weighted by Crippen LogP contribution is -2.17. The maximum atomic E-state index is 8.99. The van der Waals surface area contributed by atoms with Crippen LogP contribution in [-0.2, 0) is 12.8 Å². The van der Waals surface area contributed by atoms with E-state index in [1.54, 1.807) is 0 Å². The van der Waals surface area contributed by atoms with Gasteiger partial charge < -0.3 is 5.11 Å². The number of aryl methyl sites for hydroxylation is 1. The second kappa shape index (κ2) is 2.90.